The molecular weight excluding hydrogens is 348 g/mol. The zero-order chi connectivity index (χ0) is 15.0. The maximum atomic E-state index is 6.23. The van der Waals surface area contributed by atoms with Gasteiger partial charge in [0.15, 0.2) is 5.82 Å². The highest BCUT2D eigenvalue weighted by Crippen LogP contribution is 2.35. The maximum Gasteiger partial charge on any atom is 0.161 e. The quantitative estimate of drug-likeness (QED) is 0.625. The molecular formula is C17H18BrClN2. The molecule has 4 heteroatoms. The van der Waals surface area contributed by atoms with E-state index in [0.717, 1.165) is 21.6 Å². The van der Waals surface area contributed by atoms with Crippen LogP contribution in [-0.2, 0) is 0 Å². The summed E-state index contributed by atoms with van der Waals surface area (Å²) in [5.41, 5.74) is 4.52. The molecule has 0 unspecified atom stereocenters. The lowest BCUT2D eigenvalue weighted by Crippen LogP contribution is -2.01. The van der Waals surface area contributed by atoms with E-state index in [0.29, 0.717) is 11.1 Å². The molecule has 0 N–H and O–H groups in total. The van der Waals surface area contributed by atoms with Crippen LogP contribution in [0.1, 0.15) is 48.4 Å². The van der Waals surface area contributed by atoms with Crippen LogP contribution >= 0.6 is 27.5 Å². The third kappa shape index (κ3) is 3.14. The minimum absolute atomic E-state index is 0.542. The number of halogens is 2. The van der Waals surface area contributed by atoms with E-state index in [-0.39, 0.29) is 0 Å². The first-order valence-corrected chi connectivity index (χ1v) is 8.53. The topological polar surface area (TPSA) is 25.8 Å². The van der Waals surface area contributed by atoms with E-state index < -0.39 is 0 Å². The Labute approximate surface area is 139 Å². The molecule has 0 bridgehead atoms. The molecule has 1 aliphatic carbocycles. The lowest BCUT2D eigenvalue weighted by atomic mass is 10.0. The fourth-order valence-corrected chi connectivity index (χ4v) is 3.49. The van der Waals surface area contributed by atoms with Gasteiger partial charge >= 0.3 is 0 Å². The first kappa shape index (κ1) is 15.0. The number of aryl methyl sites for hydroxylation is 2. The van der Waals surface area contributed by atoms with Crippen molar-refractivity contribution >= 4 is 27.5 Å². The first-order chi connectivity index (χ1) is 10.0. The van der Waals surface area contributed by atoms with Crippen molar-refractivity contribution in [2.45, 2.75) is 45.4 Å². The highest BCUT2D eigenvalue weighted by atomic mass is 79.9. The molecule has 110 valence electrons. The van der Waals surface area contributed by atoms with Gasteiger partial charge in [-0.25, -0.2) is 9.97 Å². The Balaban J connectivity index is 2.06. The minimum atomic E-state index is 0.542. The van der Waals surface area contributed by atoms with Gasteiger partial charge in [0.05, 0.1) is 0 Å². The van der Waals surface area contributed by atoms with Crippen LogP contribution in [0.3, 0.4) is 0 Å². The minimum Gasteiger partial charge on any atom is -0.233 e. The van der Waals surface area contributed by atoms with Crippen molar-refractivity contribution < 1.29 is 0 Å². The van der Waals surface area contributed by atoms with Crippen molar-refractivity contribution in [3.05, 3.63) is 44.6 Å². The molecule has 0 atom stereocenters. The zero-order valence-corrected chi connectivity index (χ0v) is 14.6. The van der Waals surface area contributed by atoms with Gasteiger partial charge in [0.2, 0.25) is 0 Å². The molecule has 21 heavy (non-hydrogen) atoms. The van der Waals surface area contributed by atoms with Crippen molar-refractivity contribution in [2.24, 2.45) is 0 Å². The monoisotopic (exact) mass is 364 g/mol. The molecule has 0 radical (unpaired) electrons. The summed E-state index contributed by atoms with van der Waals surface area (Å²) in [5.74, 6) is 1.28. The van der Waals surface area contributed by atoms with E-state index in [1.54, 1.807) is 0 Å². The van der Waals surface area contributed by atoms with Gasteiger partial charge in [-0.3, -0.25) is 0 Å². The molecule has 2 aromatic rings. The Bertz CT molecular complexity index is 655. The normalized spacial score (nSPS) is 15.6. The lowest BCUT2D eigenvalue weighted by molar-refractivity contribution is 0.695. The van der Waals surface area contributed by atoms with Crippen molar-refractivity contribution in [1.29, 1.82) is 0 Å². The molecule has 0 saturated heterocycles. The van der Waals surface area contributed by atoms with Crippen LogP contribution in [0.5, 0.6) is 0 Å². The summed E-state index contributed by atoms with van der Waals surface area (Å²) in [6.07, 6.45) is 5.01. The summed E-state index contributed by atoms with van der Waals surface area (Å²) in [5, 5.41) is 0.542. The fourth-order valence-electron chi connectivity index (χ4n) is 3.07. The summed E-state index contributed by atoms with van der Waals surface area (Å²) < 4.78 is 1.14. The molecule has 1 saturated carbocycles. The average molecular weight is 366 g/mol. The van der Waals surface area contributed by atoms with Crippen LogP contribution in [0.2, 0.25) is 5.15 Å². The Morgan fingerprint density at radius 1 is 1.05 bits per heavy atom. The zero-order valence-electron chi connectivity index (χ0n) is 12.3. The first-order valence-electron chi connectivity index (χ1n) is 7.36. The van der Waals surface area contributed by atoms with E-state index in [1.807, 2.05) is 6.07 Å². The predicted molar refractivity (Wildman–Crippen MR) is 90.9 cm³/mol. The van der Waals surface area contributed by atoms with Crippen molar-refractivity contribution in [3.8, 4) is 11.4 Å². The van der Waals surface area contributed by atoms with E-state index >= 15 is 0 Å². The van der Waals surface area contributed by atoms with E-state index in [4.69, 9.17) is 16.6 Å². The second-order valence-corrected chi connectivity index (χ2v) is 7.02. The van der Waals surface area contributed by atoms with Crippen LogP contribution < -0.4 is 0 Å². The van der Waals surface area contributed by atoms with E-state index in [1.165, 1.54) is 36.8 Å². The van der Waals surface area contributed by atoms with Crippen molar-refractivity contribution in [2.75, 3.05) is 0 Å². The van der Waals surface area contributed by atoms with Crippen LogP contribution in [-0.4, -0.2) is 9.97 Å². The van der Waals surface area contributed by atoms with Gasteiger partial charge in [-0.1, -0.05) is 40.4 Å². The summed E-state index contributed by atoms with van der Waals surface area (Å²) in [7, 11) is 0. The summed E-state index contributed by atoms with van der Waals surface area (Å²) in [6, 6.07) is 6.15. The van der Waals surface area contributed by atoms with Crippen LogP contribution in [0.25, 0.3) is 11.4 Å². The molecule has 0 amide bonds. The van der Waals surface area contributed by atoms with Gasteiger partial charge < -0.3 is 0 Å². The SMILES string of the molecule is Cc1cc(-c2nc(Cl)cc(C3CCCC3)n2)cc(C)c1Br. The van der Waals surface area contributed by atoms with E-state index in [2.05, 4.69) is 46.9 Å². The average Bonchev–Trinajstić information content (AvgIpc) is 2.97. The van der Waals surface area contributed by atoms with Crippen molar-refractivity contribution in [3.63, 3.8) is 0 Å². The largest absolute Gasteiger partial charge is 0.233 e. The molecule has 1 aliphatic rings. The van der Waals surface area contributed by atoms with Crippen LogP contribution in [0, 0.1) is 13.8 Å². The second kappa shape index (κ2) is 6.05. The molecule has 3 rings (SSSR count). The molecule has 1 heterocycles. The fraction of sp³-hybridized carbons (Fsp3) is 0.412. The van der Waals surface area contributed by atoms with Crippen LogP contribution in [0.4, 0.5) is 0 Å². The van der Waals surface area contributed by atoms with Gasteiger partial charge in [-0.05, 0) is 56.0 Å². The van der Waals surface area contributed by atoms with E-state index in [9.17, 15) is 0 Å². The Morgan fingerprint density at radius 3 is 2.29 bits per heavy atom. The Kier molecular flexibility index (Phi) is 4.32. The highest BCUT2D eigenvalue weighted by molar-refractivity contribution is 9.10. The summed E-state index contributed by atoms with van der Waals surface area (Å²) >= 11 is 9.83. The number of nitrogens with zero attached hydrogens (tertiary/aromatic N) is 2. The van der Waals surface area contributed by atoms with Crippen LogP contribution in [0.15, 0.2) is 22.7 Å². The number of aromatic nitrogens is 2. The molecule has 0 aliphatic heterocycles. The molecule has 1 aromatic carbocycles. The standard InChI is InChI=1S/C17H18BrClN2/c1-10-7-13(8-11(2)16(10)18)17-20-14(9-15(19)21-17)12-5-3-4-6-12/h7-9,12H,3-6H2,1-2H3. The third-order valence-corrected chi connectivity index (χ3v) is 5.63. The molecule has 2 nitrogen and oxygen atoms in total. The number of benzene rings is 1. The second-order valence-electron chi connectivity index (χ2n) is 5.84. The Hall–Kier alpha value is -0.930. The smallest absolute Gasteiger partial charge is 0.161 e. The number of hydrogen-bond donors (Lipinski definition) is 0. The van der Waals surface area contributed by atoms with Gasteiger partial charge in [0, 0.05) is 21.6 Å². The third-order valence-electron chi connectivity index (χ3n) is 4.18. The highest BCUT2D eigenvalue weighted by Gasteiger charge is 2.20. The number of rotatable bonds is 2. The lowest BCUT2D eigenvalue weighted by Gasteiger charge is -2.12. The molecule has 1 fully saturated rings. The number of hydrogen-bond acceptors (Lipinski definition) is 2. The molecule has 0 spiro atoms. The summed E-state index contributed by atoms with van der Waals surface area (Å²) in [6.45, 7) is 4.17. The van der Waals surface area contributed by atoms with Gasteiger partial charge in [0.1, 0.15) is 5.15 Å². The van der Waals surface area contributed by atoms with Gasteiger partial charge in [-0.15, -0.1) is 0 Å². The van der Waals surface area contributed by atoms with Crippen molar-refractivity contribution in [1.82, 2.24) is 9.97 Å². The Morgan fingerprint density at radius 2 is 1.67 bits per heavy atom. The van der Waals surface area contributed by atoms with Gasteiger partial charge in [0.25, 0.3) is 0 Å². The molecule has 1 aromatic heterocycles. The summed E-state index contributed by atoms with van der Waals surface area (Å²) in [4.78, 5) is 9.21. The van der Waals surface area contributed by atoms with Gasteiger partial charge in [-0.2, -0.15) is 0 Å². The predicted octanol–water partition coefficient (Wildman–Crippen LogP) is 5.83. The maximum absolute atomic E-state index is 6.23.